The van der Waals surface area contributed by atoms with E-state index in [9.17, 15) is 0 Å². The molecule has 1 heterocycles. The standard InChI is InChI=1S/C11H19NO2/c1-9(2)5-7-14-11(8-12)10-4-3-6-13-10/h3-4,6,9,11H,5,7-8,12H2,1-2H3. The van der Waals surface area contributed by atoms with Crippen molar-refractivity contribution in [2.45, 2.75) is 26.4 Å². The van der Waals surface area contributed by atoms with Crippen LogP contribution in [0.4, 0.5) is 0 Å². The van der Waals surface area contributed by atoms with Crippen molar-refractivity contribution in [3.8, 4) is 0 Å². The molecule has 0 radical (unpaired) electrons. The fraction of sp³-hybridized carbons (Fsp3) is 0.636. The van der Waals surface area contributed by atoms with Crippen LogP contribution in [0.1, 0.15) is 32.1 Å². The molecule has 1 aromatic rings. The molecule has 0 amide bonds. The Kier molecular flexibility index (Phi) is 4.70. The van der Waals surface area contributed by atoms with Crippen LogP contribution in [0.3, 0.4) is 0 Å². The molecular weight excluding hydrogens is 178 g/mol. The number of hydrogen-bond donors (Lipinski definition) is 1. The molecule has 0 fully saturated rings. The van der Waals surface area contributed by atoms with Crippen LogP contribution in [0.2, 0.25) is 0 Å². The van der Waals surface area contributed by atoms with Crippen LogP contribution in [-0.4, -0.2) is 13.2 Å². The third-order valence-electron chi connectivity index (χ3n) is 2.09. The summed E-state index contributed by atoms with van der Waals surface area (Å²) < 4.78 is 10.9. The topological polar surface area (TPSA) is 48.4 Å². The van der Waals surface area contributed by atoms with E-state index in [1.165, 1.54) is 0 Å². The first-order chi connectivity index (χ1) is 6.74. The quantitative estimate of drug-likeness (QED) is 0.761. The van der Waals surface area contributed by atoms with Crippen LogP contribution in [-0.2, 0) is 4.74 Å². The van der Waals surface area contributed by atoms with Crippen LogP contribution in [0.5, 0.6) is 0 Å². The molecule has 14 heavy (non-hydrogen) atoms. The summed E-state index contributed by atoms with van der Waals surface area (Å²) in [5, 5.41) is 0. The molecule has 80 valence electrons. The Bertz CT molecular complexity index is 231. The van der Waals surface area contributed by atoms with Crippen molar-refractivity contribution in [3.05, 3.63) is 24.2 Å². The van der Waals surface area contributed by atoms with Gasteiger partial charge in [-0.2, -0.15) is 0 Å². The van der Waals surface area contributed by atoms with Crippen LogP contribution < -0.4 is 5.73 Å². The third kappa shape index (κ3) is 3.52. The summed E-state index contributed by atoms with van der Waals surface area (Å²) in [6, 6.07) is 3.75. The van der Waals surface area contributed by atoms with Gasteiger partial charge in [-0.1, -0.05) is 13.8 Å². The average Bonchev–Trinajstić information content (AvgIpc) is 2.64. The SMILES string of the molecule is CC(C)CCOC(CN)c1ccco1. The molecule has 0 aliphatic rings. The van der Waals surface area contributed by atoms with E-state index in [0.29, 0.717) is 12.5 Å². The minimum atomic E-state index is -0.0938. The van der Waals surface area contributed by atoms with Gasteiger partial charge in [0.05, 0.1) is 6.26 Å². The Morgan fingerprint density at radius 2 is 2.29 bits per heavy atom. The highest BCUT2D eigenvalue weighted by molar-refractivity contribution is 5.02. The summed E-state index contributed by atoms with van der Waals surface area (Å²) in [6.45, 7) is 5.55. The van der Waals surface area contributed by atoms with Gasteiger partial charge in [0.15, 0.2) is 0 Å². The minimum absolute atomic E-state index is 0.0938. The molecule has 0 saturated heterocycles. The van der Waals surface area contributed by atoms with E-state index in [2.05, 4.69) is 13.8 Å². The zero-order chi connectivity index (χ0) is 10.4. The van der Waals surface area contributed by atoms with Gasteiger partial charge in [0.25, 0.3) is 0 Å². The van der Waals surface area contributed by atoms with E-state index < -0.39 is 0 Å². The molecule has 0 spiro atoms. The minimum Gasteiger partial charge on any atom is -0.467 e. The maximum absolute atomic E-state index is 5.63. The lowest BCUT2D eigenvalue weighted by atomic mass is 10.1. The zero-order valence-corrected chi connectivity index (χ0v) is 8.90. The maximum atomic E-state index is 5.63. The number of nitrogens with two attached hydrogens (primary N) is 1. The largest absolute Gasteiger partial charge is 0.467 e. The van der Waals surface area contributed by atoms with Gasteiger partial charge < -0.3 is 14.9 Å². The summed E-state index contributed by atoms with van der Waals surface area (Å²) >= 11 is 0. The second kappa shape index (κ2) is 5.83. The molecule has 0 aliphatic heterocycles. The van der Waals surface area contributed by atoms with Crippen molar-refractivity contribution in [1.29, 1.82) is 0 Å². The first-order valence-electron chi connectivity index (χ1n) is 5.09. The molecule has 0 aliphatic carbocycles. The summed E-state index contributed by atoms with van der Waals surface area (Å²) in [5.74, 6) is 1.47. The van der Waals surface area contributed by atoms with E-state index in [1.54, 1.807) is 6.26 Å². The third-order valence-corrected chi connectivity index (χ3v) is 2.09. The number of rotatable bonds is 6. The van der Waals surface area contributed by atoms with Crippen molar-refractivity contribution in [2.24, 2.45) is 11.7 Å². The zero-order valence-electron chi connectivity index (χ0n) is 8.90. The summed E-state index contributed by atoms with van der Waals surface area (Å²) in [5.41, 5.74) is 5.60. The Balaban J connectivity index is 2.33. The number of ether oxygens (including phenoxy) is 1. The summed E-state index contributed by atoms with van der Waals surface area (Å²) in [7, 11) is 0. The lowest BCUT2D eigenvalue weighted by Gasteiger charge is -2.14. The summed E-state index contributed by atoms with van der Waals surface area (Å²) in [4.78, 5) is 0. The van der Waals surface area contributed by atoms with Gasteiger partial charge in [0, 0.05) is 13.2 Å². The van der Waals surface area contributed by atoms with Gasteiger partial charge in [0.2, 0.25) is 0 Å². The molecule has 3 nitrogen and oxygen atoms in total. The second-order valence-corrected chi connectivity index (χ2v) is 3.79. The Morgan fingerprint density at radius 1 is 1.50 bits per heavy atom. The lowest BCUT2D eigenvalue weighted by molar-refractivity contribution is 0.0374. The van der Waals surface area contributed by atoms with E-state index in [-0.39, 0.29) is 6.10 Å². The molecule has 1 unspecified atom stereocenters. The highest BCUT2D eigenvalue weighted by Crippen LogP contribution is 2.17. The molecule has 2 N–H and O–H groups in total. The van der Waals surface area contributed by atoms with Gasteiger partial charge in [0.1, 0.15) is 11.9 Å². The molecule has 1 aromatic heterocycles. The average molecular weight is 197 g/mol. The smallest absolute Gasteiger partial charge is 0.133 e. The Hall–Kier alpha value is -0.800. The molecule has 1 rings (SSSR count). The van der Waals surface area contributed by atoms with Gasteiger partial charge >= 0.3 is 0 Å². The first-order valence-corrected chi connectivity index (χ1v) is 5.09. The Morgan fingerprint density at radius 3 is 2.79 bits per heavy atom. The van der Waals surface area contributed by atoms with Crippen molar-refractivity contribution in [3.63, 3.8) is 0 Å². The molecule has 0 saturated carbocycles. The number of furan rings is 1. The van der Waals surface area contributed by atoms with Crippen molar-refractivity contribution < 1.29 is 9.15 Å². The molecule has 1 atom stereocenters. The first kappa shape index (κ1) is 11.3. The van der Waals surface area contributed by atoms with Crippen LogP contribution in [0, 0.1) is 5.92 Å². The van der Waals surface area contributed by atoms with Crippen LogP contribution in [0.15, 0.2) is 22.8 Å². The Labute approximate surface area is 85.2 Å². The highest BCUT2D eigenvalue weighted by atomic mass is 16.5. The van der Waals surface area contributed by atoms with Gasteiger partial charge in [-0.3, -0.25) is 0 Å². The van der Waals surface area contributed by atoms with E-state index in [4.69, 9.17) is 14.9 Å². The van der Waals surface area contributed by atoms with Gasteiger partial charge in [-0.25, -0.2) is 0 Å². The second-order valence-electron chi connectivity index (χ2n) is 3.79. The lowest BCUT2D eigenvalue weighted by Crippen LogP contribution is -2.16. The molecule has 0 bridgehead atoms. The fourth-order valence-electron chi connectivity index (χ4n) is 1.19. The van der Waals surface area contributed by atoms with E-state index in [1.807, 2.05) is 12.1 Å². The van der Waals surface area contributed by atoms with Crippen LogP contribution in [0.25, 0.3) is 0 Å². The van der Waals surface area contributed by atoms with Crippen molar-refractivity contribution in [2.75, 3.05) is 13.2 Å². The molecule has 0 aromatic carbocycles. The van der Waals surface area contributed by atoms with Gasteiger partial charge in [-0.15, -0.1) is 0 Å². The predicted octanol–water partition coefficient (Wildman–Crippen LogP) is 2.34. The molecular formula is C11H19NO2. The normalized spacial score (nSPS) is 13.4. The highest BCUT2D eigenvalue weighted by Gasteiger charge is 2.12. The van der Waals surface area contributed by atoms with E-state index in [0.717, 1.165) is 18.8 Å². The predicted molar refractivity (Wildman–Crippen MR) is 55.9 cm³/mol. The molecule has 3 heteroatoms. The van der Waals surface area contributed by atoms with Gasteiger partial charge in [-0.05, 0) is 24.5 Å². The summed E-state index contributed by atoms with van der Waals surface area (Å²) in [6.07, 6.45) is 2.60. The van der Waals surface area contributed by atoms with Crippen molar-refractivity contribution in [1.82, 2.24) is 0 Å². The maximum Gasteiger partial charge on any atom is 0.133 e. The van der Waals surface area contributed by atoms with Crippen LogP contribution >= 0.6 is 0 Å². The van der Waals surface area contributed by atoms with Crippen molar-refractivity contribution >= 4 is 0 Å². The fourth-order valence-corrected chi connectivity index (χ4v) is 1.19. The monoisotopic (exact) mass is 197 g/mol. The number of hydrogen-bond acceptors (Lipinski definition) is 3. The van der Waals surface area contributed by atoms with E-state index >= 15 is 0 Å².